The first-order valence-corrected chi connectivity index (χ1v) is 9.77. The number of urea groups is 1. The highest BCUT2D eigenvalue weighted by Crippen LogP contribution is 2.25. The van der Waals surface area contributed by atoms with E-state index in [-0.39, 0.29) is 0 Å². The summed E-state index contributed by atoms with van der Waals surface area (Å²) in [4.78, 5) is 15.4. The van der Waals surface area contributed by atoms with Crippen LogP contribution in [0.5, 0.6) is 11.5 Å². The van der Waals surface area contributed by atoms with Gasteiger partial charge in [0, 0.05) is 30.6 Å². The third kappa shape index (κ3) is 5.68. The van der Waals surface area contributed by atoms with E-state index in [0.717, 1.165) is 29.3 Å². The van der Waals surface area contributed by atoms with Crippen molar-refractivity contribution in [1.29, 1.82) is 0 Å². The number of ether oxygens (including phenoxy) is 2. The van der Waals surface area contributed by atoms with Crippen molar-refractivity contribution in [3.8, 4) is 17.2 Å². The van der Waals surface area contributed by atoms with E-state index in [0.29, 0.717) is 17.2 Å². The van der Waals surface area contributed by atoms with Crippen molar-refractivity contribution in [2.24, 2.45) is 5.73 Å². The molecule has 0 radical (unpaired) electrons. The zero-order chi connectivity index (χ0) is 20.6. The summed E-state index contributed by atoms with van der Waals surface area (Å²) in [7, 11) is 0. The van der Waals surface area contributed by atoms with Gasteiger partial charge in [-0.05, 0) is 42.8 Å². The van der Waals surface area contributed by atoms with Crippen molar-refractivity contribution >= 4 is 24.5 Å². The van der Waals surface area contributed by atoms with Gasteiger partial charge in [-0.2, -0.15) is 0 Å². The molecule has 1 unspecified atom stereocenters. The molecule has 2 amide bonds. The Morgan fingerprint density at radius 2 is 1.97 bits per heavy atom. The molecule has 7 nitrogen and oxygen atoms in total. The van der Waals surface area contributed by atoms with Gasteiger partial charge >= 0.3 is 6.03 Å². The maximum atomic E-state index is 11.3. The standard InChI is InChI=1S/C21H24N4O3S/c1-2-3-7-20(28-19-6-4-5-17(14-19)25(29)21(22)26)27-18-10-8-16(9-11-18)24-13-12-23-15-24/h4-6,8-15,20,29H,2-3,7H2,1H3,(H2,22,26). The van der Waals surface area contributed by atoms with Crippen molar-refractivity contribution in [3.63, 3.8) is 0 Å². The van der Waals surface area contributed by atoms with Crippen LogP contribution in [0.2, 0.25) is 0 Å². The second kappa shape index (κ2) is 9.88. The van der Waals surface area contributed by atoms with Crippen LogP contribution in [0.25, 0.3) is 5.69 Å². The molecule has 0 aliphatic heterocycles. The quantitative estimate of drug-likeness (QED) is 0.398. The molecule has 0 spiro atoms. The fourth-order valence-corrected chi connectivity index (χ4v) is 2.87. The van der Waals surface area contributed by atoms with E-state index in [1.54, 1.807) is 36.8 Å². The fraction of sp³-hybridized carbons (Fsp3) is 0.238. The van der Waals surface area contributed by atoms with Gasteiger partial charge < -0.3 is 19.8 Å². The molecule has 1 aromatic heterocycles. The highest BCUT2D eigenvalue weighted by molar-refractivity contribution is 7.82. The molecule has 2 aromatic carbocycles. The first kappa shape index (κ1) is 20.6. The van der Waals surface area contributed by atoms with E-state index >= 15 is 0 Å². The third-order valence-corrected chi connectivity index (χ3v) is 4.67. The number of nitrogens with zero attached hydrogens (tertiary/aromatic N) is 3. The van der Waals surface area contributed by atoms with Crippen LogP contribution in [0.3, 0.4) is 0 Å². The Morgan fingerprint density at radius 1 is 1.21 bits per heavy atom. The largest absolute Gasteiger partial charge is 0.455 e. The van der Waals surface area contributed by atoms with Crippen molar-refractivity contribution in [2.45, 2.75) is 32.5 Å². The summed E-state index contributed by atoms with van der Waals surface area (Å²) in [5.41, 5.74) is 6.79. The number of carbonyl (C=O) groups excluding carboxylic acids is 1. The average Bonchev–Trinajstić information content (AvgIpc) is 3.27. The summed E-state index contributed by atoms with van der Waals surface area (Å²) < 4.78 is 15.1. The van der Waals surface area contributed by atoms with Gasteiger partial charge in [-0.25, -0.2) is 14.1 Å². The van der Waals surface area contributed by atoms with E-state index in [9.17, 15) is 4.79 Å². The number of aromatic nitrogens is 2. The molecule has 3 aromatic rings. The normalized spacial score (nSPS) is 11.7. The number of unbranched alkanes of at least 4 members (excludes halogenated alkanes) is 1. The van der Waals surface area contributed by atoms with Crippen molar-refractivity contribution in [3.05, 3.63) is 67.3 Å². The van der Waals surface area contributed by atoms with Crippen LogP contribution in [0.15, 0.2) is 67.3 Å². The molecule has 0 aliphatic carbocycles. The van der Waals surface area contributed by atoms with Gasteiger partial charge in [-0.1, -0.05) is 32.2 Å². The Kier molecular flexibility index (Phi) is 7.02. The molecule has 3 rings (SSSR count). The molecule has 0 saturated carbocycles. The summed E-state index contributed by atoms with van der Waals surface area (Å²) in [5, 5.41) is 0. The molecule has 0 aliphatic rings. The first-order valence-electron chi connectivity index (χ1n) is 9.37. The molecular formula is C21H24N4O3S. The summed E-state index contributed by atoms with van der Waals surface area (Å²) >= 11 is 4.09. The first-order chi connectivity index (χ1) is 14.1. The minimum atomic E-state index is -0.665. The summed E-state index contributed by atoms with van der Waals surface area (Å²) in [5.74, 6) is 1.28. The molecule has 2 N–H and O–H groups in total. The molecule has 29 heavy (non-hydrogen) atoms. The zero-order valence-electron chi connectivity index (χ0n) is 16.1. The van der Waals surface area contributed by atoms with Crippen LogP contribution in [0.1, 0.15) is 26.2 Å². The highest BCUT2D eigenvalue weighted by Gasteiger charge is 2.14. The van der Waals surface area contributed by atoms with Gasteiger partial charge in [-0.15, -0.1) is 0 Å². The number of thiol groups is 1. The number of carbonyl (C=O) groups is 1. The topological polar surface area (TPSA) is 82.6 Å². The Hall–Kier alpha value is -3.13. The number of imidazole rings is 1. The predicted molar refractivity (Wildman–Crippen MR) is 116 cm³/mol. The lowest BCUT2D eigenvalue weighted by Gasteiger charge is -2.21. The molecule has 1 atom stereocenters. The van der Waals surface area contributed by atoms with Gasteiger partial charge in [0.05, 0.1) is 12.0 Å². The number of amides is 2. The molecule has 152 valence electrons. The number of anilines is 1. The predicted octanol–water partition coefficient (Wildman–Crippen LogP) is 4.58. The number of rotatable bonds is 9. The minimum absolute atomic E-state index is 0.466. The lowest BCUT2D eigenvalue weighted by atomic mass is 10.2. The fourth-order valence-electron chi connectivity index (χ4n) is 2.74. The van der Waals surface area contributed by atoms with E-state index in [1.807, 2.05) is 35.0 Å². The summed E-state index contributed by atoms with van der Waals surface area (Å²) in [6.07, 6.45) is 7.60. The maximum Gasteiger partial charge on any atom is 0.329 e. The molecule has 1 heterocycles. The lowest BCUT2D eigenvalue weighted by molar-refractivity contribution is -0.00207. The Morgan fingerprint density at radius 3 is 2.62 bits per heavy atom. The van der Waals surface area contributed by atoms with Gasteiger partial charge in [0.1, 0.15) is 11.5 Å². The zero-order valence-corrected chi connectivity index (χ0v) is 17.0. The second-order valence-electron chi connectivity index (χ2n) is 6.42. The van der Waals surface area contributed by atoms with Crippen LogP contribution >= 0.6 is 12.8 Å². The van der Waals surface area contributed by atoms with Crippen LogP contribution in [-0.4, -0.2) is 21.9 Å². The molecule has 8 heteroatoms. The number of primary amides is 1. The maximum absolute atomic E-state index is 11.3. The summed E-state index contributed by atoms with van der Waals surface area (Å²) in [6, 6.07) is 14.0. The highest BCUT2D eigenvalue weighted by atomic mass is 32.1. The number of hydrogen-bond donors (Lipinski definition) is 2. The van der Waals surface area contributed by atoms with Crippen LogP contribution in [0.4, 0.5) is 10.5 Å². The summed E-state index contributed by atoms with van der Waals surface area (Å²) in [6.45, 7) is 2.11. The van der Waals surface area contributed by atoms with Crippen LogP contribution in [0, 0.1) is 0 Å². The number of hydrogen-bond acceptors (Lipinski definition) is 5. The lowest BCUT2D eigenvalue weighted by Crippen LogP contribution is -2.27. The Labute approximate surface area is 175 Å². The Balaban J connectivity index is 1.71. The van der Waals surface area contributed by atoms with Gasteiger partial charge in [0.25, 0.3) is 0 Å². The van der Waals surface area contributed by atoms with Crippen molar-refractivity contribution in [1.82, 2.24) is 9.55 Å². The number of nitrogens with two attached hydrogens (primary N) is 1. The van der Waals surface area contributed by atoms with Crippen LogP contribution in [-0.2, 0) is 0 Å². The van der Waals surface area contributed by atoms with Crippen LogP contribution < -0.4 is 19.5 Å². The van der Waals surface area contributed by atoms with Crippen molar-refractivity contribution in [2.75, 3.05) is 4.31 Å². The molecule has 0 fully saturated rings. The van der Waals surface area contributed by atoms with E-state index < -0.39 is 12.3 Å². The minimum Gasteiger partial charge on any atom is -0.455 e. The average molecular weight is 413 g/mol. The van der Waals surface area contributed by atoms with Gasteiger partial charge in [0.2, 0.25) is 6.29 Å². The number of benzene rings is 2. The monoisotopic (exact) mass is 412 g/mol. The third-order valence-electron chi connectivity index (χ3n) is 4.24. The van der Waals surface area contributed by atoms with Gasteiger partial charge in [-0.3, -0.25) is 0 Å². The molecule has 0 bridgehead atoms. The van der Waals surface area contributed by atoms with Crippen molar-refractivity contribution < 1.29 is 14.3 Å². The second-order valence-corrected chi connectivity index (χ2v) is 6.82. The van der Waals surface area contributed by atoms with E-state index in [1.165, 1.54) is 0 Å². The SMILES string of the molecule is CCCCC(Oc1ccc(-n2ccnc2)cc1)Oc1cccc(N(S)C(N)=O)c1. The Bertz CT molecular complexity index is 916. The molecule has 0 saturated heterocycles. The smallest absolute Gasteiger partial charge is 0.329 e. The van der Waals surface area contributed by atoms with E-state index in [4.69, 9.17) is 15.2 Å². The van der Waals surface area contributed by atoms with E-state index in [2.05, 4.69) is 24.7 Å². The van der Waals surface area contributed by atoms with Gasteiger partial charge in [0.15, 0.2) is 0 Å². The molecular weight excluding hydrogens is 388 g/mol.